The van der Waals surface area contributed by atoms with Crippen molar-refractivity contribution >= 4 is 7.12 Å². The van der Waals surface area contributed by atoms with Gasteiger partial charge in [-0.15, -0.1) is 0 Å². The van der Waals surface area contributed by atoms with E-state index >= 15 is 0 Å². The van der Waals surface area contributed by atoms with E-state index in [1.165, 1.54) is 17.5 Å². The van der Waals surface area contributed by atoms with E-state index in [-0.39, 0.29) is 18.3 Å². The van der Waals surface area contributed by atoms with Gasteiger partial charge < -0.3 is 9.31 Å². The zero-order valence-electron chi connectivity index (χ0n) is 13.5. The van der Waals surface area contributed by atoms with Gasteiger partial charge in [0.25, 0.3) is 0 Å². The molecule has 0 radical (unpaired) electrons. The van der Waals surface area contributed by atoms with Gasteiger partial charge in [0, 0.05) is 0 Å². The second-order valence-electron chi connectivity index (χ2n) is 6.86. The topological polar surface area (TPSA) is 18.5 Å². The molecule has 1 aliphatic rings. The van der Waals surface area contributed by atoms with Crippen molar-refractivity contribution in [2.75, 3.05) is 0 Å². The highest BCUT2D eigenvalue weighted by Gasteiger charge is 2.50. The molecule has 0 aliphatic carbocycles. The quantitative estimate of drug-likeness (QED) is 0.585. The summed E-state index contributed by atoms with van der Waals surface area (Å²) in [6, 6.07) is 8.63. The summed E-state index contributed by atoms with van der Waals surface area (Å²) in [5, 5.41) is 0. The predicted octanol–water partition coefficient (Wildman–Crippen LogP) is 4.41. The van der Waals surface area contributed by atoms with E-state index in [2.05, 4.69) is 58.9 Å². The molecule has 1 aliphatic heterocycles. The van der Waals surface area contributed by atoms with Crippen LogP contribution in [0.5, 0.6) is 0 Å². The molecule has 1 aromatic carbocycles. The standard InChI is InChI=1S/C17H27BO2/c1-14-10-6-7-11-15(14)12-8-9-13-18-19-16(2,3)17(4,5)20-18/h6-7,10-11H,8-9,12-13H2,1-5H3. The maximum atomic E-state index is 6.02. The summed E-state index contributed by atoms with van der Waals surface area (Å²) >= 11 is 0. The van der Waals surface area contributed by atoms with Crippen molar-refractivity contribution in [3.8, 4) is 0 Å². The molecule has 1 fully saturated rings. The van der Waals surface area contributed by atoms with Crippen LogP contribution in [0.4, 0.5) is 0 Å². The number of hydrogen-bond acceptors (Lipinski definition) is 2. The monoisotopic (exact) mass is 274 g/mol. The Morgan fingerprint density at radius 2 is 1.55 bits per heavy atom. The molecule has 20 heavy (non-hydrogen) atoms. The van der Waals surface area contributed by atoms with Gasteiger partial charge >= 0.3 is 7.12 Å². The van der Waals surface area contributed by atoms with Crippen LogP contribution in [0.2, 0.25) is 6.32 Å². The Balaban J connectivity index is 1.74. The predicted molar refractivity (Wildman–Crippen MR) is 85.0 cm³/mol. The molecule has 0 saturated carbocycles. The normalized spacial score (nSPS) is 20.4. The lowest BCUT2D eigenvalue weighted by atomic mass is 9.82. The molecular weight excluding hydrogens is 247 g/mol. The fraction of sp³-hybridized carbons (Fsp3) is 0.647. The maximum Gasteiger partial charge on any atom is 0.457 e. The van der Waals surface area contributed by atoms with E-state index < -0.39 is 0 Å². The molecule has 2 rings (SSSR count). The number of benzene rings is 1. The molecule has 2 nitrogen and oxygen atoms in total. The van der Waals surface area contributed by atoms with E-state index in [0.29, 0.717) is 0 Å². The van der Waals surface area contributed by atoms with Gasteiger partial charge in [-0.3, -0.25) is 0 Å². The van der Waals surface area contributed by atoms with E-state index in [9.17, 15) is 0 Å². The highest BCUT2D eigenvalue weighted by atomic mass is 16.7. The number of unbranched alkanes of at least 4 members (excludes halogenated alkanes) is 1. The first-order valence-corrected chi connectivity index (χ1v) is 7.72. The Labute approximate surface area is 124 Å². The summed E-state index contributed by atoms with van der Waals surface area (Å²) in [6.45, 7) is 10.6. The number of aryl methyl sites for hydroxylation is 2. The van der Waals surface area contributed by atoms with Gasteiger partial charge in [0.2, 0.25) is 0 Å². The third-order valence-corrected chi connectivity index (χ3v) is 4.70. The van der Waals surface area contributed by atoms with E-state index in [4.69, 9.17) is 9.31 Å². The smallest absolute Gasteiger partial charge is 0.403 e. The molecule has 110 valence electrons. The molecule has 0 N–H and O–H groups in total. The van der Waals surface area contributed by atoms with Crippen LogP contribution in [-0.4, -0.2) is 18.3 Å². The molecule has 0 aromatic heterocycles. The largest absolute Gasteiger partial charge is 0.457 e. The lowest BCUT2D eigenvalue weighted by Crippen LogP contribution is -2.41. The summed E-state index contributed by atoms with van der Waals surface area (Å²) in [5.41, 5.74) is 2.45. The Morgan fingerprint density at radius 3 is 2.15 bits per heavy atom. The first kappa shape index (κ1) is 15.6. The summed E-state index contributed by atoms with van der Waals surface area (Å²) < 4.78 is 12.0. The second-order valence-corrected chi connectivity index (χ2v) is 6.86. The molecule has 0 bridgehead atoms. The van der Waals surface area contributed by atoms with Crippen LogP contribution in [0.25, 0.3) is 0 Å². The van der Waals surface area contributed by atoms with Crippen molar-refractivity contribution in [2.45, 2.75) is 71.4 Å². The minimum Gasteiger partial charge on any atom is -0.403 e. The fourth-order valence-corrected chi connectivity index (χ4v) is 2.60. The van der Waals surface area contributed by atoms with E-state index in [1.807, 2.05) is 0 Å². The van der Waals surface area contributed by atoms with Gasteiger partial charge in [-0.05, 0) is 64.9 Å². The summed E-state index contributed by atoms with van der Waals surface area (Å²) in [4.78, 5) is 0. The molecular formula is C17H27BO2. The van der Waals surface area contributed by atoms with Crippen molar-refractivity contribution in [2.24, 2.45) is 0 Å². The average Bonchev–Trinajstić information content (AvgIpc) is 2.55. The second kappa shape index (κ2) is 5.91. The zero-order valence-corrected chi connectivity index (χ0v) is 13.5. The van der Waals surface area contributed by atoms with E-state index in [0.717, 1.165) is 19.2 Å². The average molecular weight is 274 g/mol. The molecule has 3 heteroatoms. The van der Waals surface area contributed by atoms with Crippen molar-refractivity contribution < 1.29 is 9.31 Å². The first-order chi connectivity index (χ1) is 9.32. The van der Waals surface area contributed by atoms with Crippen LogP contribution >= 0.6 is 0 Å². The molecule has 1 aromatic rings. The first-order valence-electron chi connectivity index (χ1n) is 7.72. The summed E-state index contributed by atoms with van der Waals surface area (Å²) in [6.07, 6.45) is 4.46. The minimum atomic E-state index is -0.201. The highest BCUT2D eigenvalue weighted by molar-refractivity contribution is 6.45. The van der Waals surface area contributed by atoms with Crippen molar-refractivity contribution in [3.05, 3.63) is 35.4 Å². The lowest BCUT2D eigenvalue weighted by molar-refractivity contribution is 0.00578. The molecule has 0 atom stereocenters. The van der Waals surface area contributed by atoms with Crippen LogP contribution in [0.3, 0.4) is 0 Å². The molecule has 1 heterocycles. The zero-order chi connectivity index (χ0) is 14.8. The molecule has 1 saturated heterocycles. The van der Waals surface area contributed by atoms with Crippen molar-refractivity contribution in [1.82, 2.24) is 0 Å². The maximum absolute atomic E-state index is 6.02. The number of rotatable bonds is 5. The fourth-order valence-electron chi connectivity index (χ4n) is 2.60. The van der Waals surface area contributed by atoms with Crippen molar-refractivity contribution in [3.63, 3.8) is 0 Å². The van der Waals surface area contributed by atoms with Crippen LogP contribution < -0.4 is 0 Å². The SMILES string of the molecule is Cc1ccccc1CCCCB1OC(C)(C)C(C)(C)O1. The number of hydrogen-bond donors (Lipinski definition) is 0. The third kappa shape index (κ3) is 3.45. The summed E-state index contributed by atoms with van der Waals surface area (Å²) in [7, 11) is -0.0446. The lowest BCUT2D eigenvalue weighted by Gasteiger charge is -2.32. The van der Waals surface area contributed by atoms with Gasteiger partial charge in [-0.1, -0.05) is 30.7 Å². The van der Waals surface area contributed by atoms with Gasteiger partial charge in [-0.25, -0.2) is 0 Å². The van der Waals surface area contributed by atoms with Crippen LogP contribution in [0, 0.1) is 6.92 Å². The summed E-state index contributed by atoms with van der Waals surface area (Å²) in [5.74, 6) is 0. The van der Waals surface area contributed by atoms with Gasteiger partial charge in [0.15, 0.2) is 0 Å². The highest BCUT2D eigenvalue weighted by Crippen LogP contribution is 2.38. The van der Waals surface area contributed by atoms with Crippen LogP contribution in [-0.2, 0) is 15.7 Å². The molecule has 0 amide bonds. The van der Waals surface area contributed by atoms with E-state index in [1.54, 1.807) is 0 Å². The molecule has 0 unspecified atom stereocenters. The Hall–Kier alpha value is -0.795. The van der Waals surface area contributed by atoms with Crippen LogP contribution in [0.15, 0.2) is 24.3 Å². The van der Waals surface area contributed by atoms with Gasteiger partial charge in [0.05, 0.1) is 11.2 Å². The van der Waals surface area contributed by atoms with Gasteiger partial charge in [0.1, 0.15) is 0 Å². The van der Waals surface area contributed by atoms with Crippen molar-refractivity contribution in [1.29, 1.82) is 0 Å². The van der Waals surface area contributed by atoms with Crippen LogP contribution in [0.1, 0.15) is 51.7 Å². The molecule has 0 spiro atoms. The minimum absolute atomic E-state index is 0.0446. The Morgan fingerprint density at radius 1 is 0.950 bits per heavy atom. The van der Waals surface area contributed by atoms with Gasteiger partial charge in [-0.2, -0.15) is 0 Å². The third-order valence-electron chi connectivity index (χ3n) is 4.70. The Bertz CT molecular complexity index is 438. The Kier molecular flexibility index (Phi) is 4.60.